The third kappa shape index (κ3) is 4.60. The van der Waals surface area contributed by atoms with E-state index in [1.54, 1.807) is 0 Å². The second-order valence-electron chi connectivity index (χ2n) is 8.48. The Balaban J connectivity index is 1.41. The number of benzene rings is 4. The molecule has 4 heteroatoms. The van der Waals surface area contributed by atoms with Crippen molar-refractivity contribution in [3.63, 3.8) is 0 Å². The van der Waals surface area contributed by atoms with Gasteiger partial charge in [-0.15, -0.1) is 5.10 Å². The Morgan fingerprint density at radius 1 is 0.636 bits per heavy atom. The van der Waals surface area contributed by atoms with Gasteiger partial charge in [-0.1, -0.05) is 91.3 Å². The minimum Gasteiger partial charge on any atom is -0.201 e. The van der Waals surface area contributed by atoms with Crippen LogP contribution in [0.3, 0.4) is 0 Å². The third-order valence-corrected chi connectivity index (χ3v) is 5.78. The summed E-state index contributed by atoms with van der Waals surface area (Å²) in [7, 11) is 0. The van der Waals surface area contributed by atoms with Crippen molar-refractivity contribution in [3.8, 4) is 22.3 Å². The van der Waals surface area contributed by atoms with E-state index in [0.29, 0.717) is 6.67 Å². The summed E-state index contributed by atoms with van der Waals surface area (Å²) in [4.78, 5) is 0. The number of rotatable bonds is 5. The molecule has 1 heterocycles. The first-order valence-electron chi connectivity index (χ1n) is 11.3. The Morgan fingerprint density at radius 2 is 1.12 bits per heavy atom. The Hall–Kier alpha value is -4.05. The molecule has 4 aromatic carbocycles. The SMILES string of the molecule is CC(C)C1=NN(c2ccc(-c3ccccc3)cc2)C[N+](c2ccc(-c3ccccc3)cc2)=N1. The molecular formula is C29H27N4+. The van der Waals surface area contributed by atoms with Crippen LogP contribution < -0.4 is 5.01 Å². The average molecular weight is 432 g/mol. The normalized spacial score (nSPS) is 13.6. The molecule has 4 aromatic rings. The van der Waals surface area contributed by atoms with Crippen molar-refractivity contribution >= 4 is 17.2 Å². The van der Waals surface area contributed by atoms with Gasteiger partial charge in [0.1, 0.15) is 0 Å². The summed E-state index contributed by atoms with van der Waals surface area (Å²) < 4.78 is 2.03. The molecule has 0 bridgehead atoms. The molecule has 162 valence electrons. The van der Waals surface area contributed by atoms with Gasteiger partial charge in [-0.25, -0.2) is 5.01 Å². The van der Waals surface area contributed by atoms with Crippen molar-refractivity contribution in [1.82, 2.24) is 0 Å². The van der Waals surface area contributed by atoms with Crippen molar-refractivity contribution in [2.45, 2.75) is 13.8 Å². The number of anilines is 1. The molecule has 0 amide bonds. The van der Waals surface area contributed by atoms with Crippen LogP contribution in [0.1, 0.15) is 13.8 Å². The summed E-state index contributed by atoms with van der Waals surface area (Å²) in [5, 5.41) is 11.7. The summed E-state index contributed by atoms with van der Waals surface area (Å²) in [6, 6.07) is 38.0. The number of azo groups is 2. The second-order valence-corrected chi connectivity index (χ2v) is 8.48. The fraction of sp³-hybridized carbons (Fsp3) is 0.138. The van der Waals surface area contributed by atoms with Gasteiger partial charge in [0.05, 0.1) is 5.69 Å². The van der Waals surface area contributed by atoms with Crippen molar-refractivity contribution in [2.24, 2.45) is 16.1 Å². The van der Waals surface area contributed by atoms with Gasteiger partial charge in [0.2, 0.25) is 11.5 Å². The number of hydrogen-bond donors (Lipinski definition) is 0. The molecule has 0 saturated carbocycles. The number of amidine groups is 1. The molecule has 0 aromatic heterocycles. The lowest BCUT2D eigenvalue weighted by Gasteiger charge is -2.21. The van der Waals surface area contributed by atoms with Crippen LogP contribution in [0.5, 0.6) is 0 Å². The molecule has 33 heavy (non-hydrogen) atoms. The van der Waals surface area contributed by atoms with E-state index in [1.165, 1.54) is 22.3 Å². The number of hydrogen-bond acceptors (Lipinski definition) is 3. The van der Waals surface area contributed by atoms with Crippen LogP contribution in [-0.4, -0.2) is 17.2 Å². The molecule has 0 radical (unpaired) electrons. The maximum atomic E-state index is 4.84. The van der Waals surface area contributed by atoms with Crippen LogP contribution in [0.2, 0.25) is 0 Å². The predicted molar refractivity (Wildman–Crippen MR) is 136 cm³/mol. The van der Waals surface area contributed by atoms with E-state index in [0.717, 1.165) is 17.2 Å². The lowest BCUT2D eigenvalue weighted by atomic mass is 10.1. The summed E-state index contributed by atoms with van der Waals surface area (Å²) in [5.41, 5.74) is 6.92. The molecule has 0 unspecified atom stereocenters. The predicted octanol–water partition coefficient (Wildman–Crippen LogP) is 7.56. The smallest absolute Gasteiger partial charge is 0.201 e. The Morgan fingerprint density at radius 3 is 1.64 bits per heavy atom. The second kappa shape index (κ2) is 9.21. The van der Waals surface area contributed by atoms with E-state index in [4.69, 9.17) is 10.2 Å². The van der Waals surface area contributed by atoms with E-state index in [2.05, 4.69) is 111 Å². The van der Waals surface area contributed by atoms with Gasteiger partial charge < -0.3 is 0 Å². The molecule has 0 spiro atoms. The van der Waals surface area contributed by atoms with Crippen molar-refractivity contribution in [2.75, 3.05) is 11.7 Å². The van der Waals surface area contributed by atoms with Crippen LogP contribution in [0, 0.1) is 5.92 Å². The summed E-state index contributed by atoms with van der Waals surface area (Å²) >= 11 is 0. The van der Waals surface area contributed by atoms with Crippen LogP contribution >= 0.6 is 0 Å². The number of hydrazone groups is 1. The maximum absolute atomic E-state index is 4.84. The van der Waals surface area contributed by atoms with E-state index >= 15 is 0 Å². The number of nitrogens with zero attached hydrogens (tertiary/aromatic N) is 4. The fourth-order valence-electron chi connectivity index (χ4n) is 3.88. The van der Waals surface area contributed by atoms with Crippen LogP contribution in [0.25, 0.3) is 22.3 Å². The zero-order valence-corrected chi connectivity index (χ0v) is 19.0. The standard InChI is InChI=1S/C29H27N4/c1-22(2)29-30-32(27-17-13-25(14-18-27)23-9-5-3-6-10-23)21-33(31-29)28-19-15-26(16-20-28)24-11-7-4-8-12-24/h3-20,22H,21H2,1-2H3/q+1. The van der Waals surface area contributed by atoms with Gasteiger partial charge in [-0.05, 0) is 46.5 Å². The average Bonchev–Trinajstić information content (AvgIpc) is 2.89. The molecular weight excluding hydrogens is 404 g/mol. The highest BCUT2D eigenvalue weighted by Crippen LogP contribution is 2.28. The monoisotopic (exact) mass is 431 g/mol. The lowest BCUT2D eigenvalue weighted by Crippen LogP contribution is -2.32. The molecule has 5 rings (SSSR count). The first-order valence-corrected chi connectivity index (χ1v) is 11.3. The summed E-state index contributed by atoms with van der Waals surface area (Å²) in [6.45, 7) is 4.81. The van der Waals surface area contributed by atoms with Crippen molar-refractivity contribution in [3.05, 3.63) is 109 Å². The highest BCUT2D eigenvalue weighted by molar-refractivity contribution is 5.85. The molecule has 0 saturated heterocycles. The van der Waals surface area contributed by atoms with Gasteiger partial charge in [-0.3, -0.25) is 0 Å². The van der Waals surface area contributed by atoms with Crippen LogP contribution in [0.15, 0.2) is 119 Å². The highest BCUT2D eigenvalue weighted by atomic mass is 15.6. The zero-order chi connectivity index (χ0) is 22.6. The first kappa shape index (κ1) is 20.8. The quantitative estimate of drug-likeness (QED) is 0.300. The lowest BCUT2D eigenvalue weighted by molar-refractivity contribution is -0.508. The minimum absolute atomic E-state index is 0.225. The highest BCUT2D eigenvalue weighted by Gasteiger charge is 2.26. The molecule has 0 atom stereocenters. The van der Waals surface area contributed by atoms with E-state index in [9.17, 15) is 0 Å². The van der Waals surface area contributed by atoms with Crippen molar-refractivity contribution in [1.29, 1.82) is 0 Å². The van der Waals surface area contributed by atoms with E-state index in [1.807, 2.05) is 21.8 Å². The van der Waals surface area contributed by atoms with Crippen LogP contribution in [0.4, 0.5) is 11.4 Å². The Labute approximate surface area is 195 Å². The third-order valence-electron chi connectivity index (χ3n) is 5.78. The van der Waals surface area contributed by atoms with Crippen LogP contribution in [-0.2, 0) is 0 Å². The Bertz CT molecular complexity index is 1270. The molecule has 0 aliphatic carbocycles. The summed E-state index contributed by atoms with van der Waals surface area (Å²) in [5.74, 6) is 1.04. The van der Waals surface area contributed by atoms with Gasteiger partial charge in [0.25, 0.3) is 6.67 Å². The zero-order valence-electron chi connectivity index (χ0n) is 19.0. The molecule has 1 aliphatic heterocycles. The molecule has 0 fully saturated rings. The van der Waals surface area contributed by atoms with Gasteiger partial charge in [0.15, 0.2) is 0 Å². The van der Waals surface area contributed by atoms with Gasteiger partial charge in [0, 0.05) is 23.2 Å². The van der Waals surface area contributed by atoms with Crippen molar-refractivity contribution < 1.29 is 4.70 Å². The van der Waals surface area contributed by atoms with E-state index in [-0.39, 0.29) is 5.92 Å². The minimum atomic E-state index is 0.225. The fourth-order valence-corrected chi connectivity index (χ4v) is 3.88. The topological polar surface area (TPSA) is 31.0 Å². The Kier molecular flexibility index (Phi) is 5.81. The van der Waals surface area contributed by atoms with Gasteiger partial charge >= 0.3 is 0 Å². The van der Waals surface area contributed by atoms with E-state index < -0.39 is 0 Å². The molecule has 1 aliphatic rings. The van der Waals surface area contributed by atoms with Gasteiger partial charge in [-0.2, -0.15) is 0 Å². The molecule has 4 nitrogen and oxygen atoms in total. The maximum Gasteiger partial charge on any atom is 0.269 e. The summed E-state index contributed by atoms with van der Waals surface area (Å²) in [6.07, 6.45) is 0. The molecule has 0 N–H and O–H groups in total. The first-order chi connectivity index (χ1) is 16.2. The largest absolute Gasteiger partial charge is 0.269 e.